The number of ketones is 1. The monoisotopic (exact) mass is 988 g/mol. The summed E-state index contributed by atoms with van der Waals surface area (Å²) in [6, 6.07) is 19.5. The minimum atomic E-state index is -2.44. The third-order valence-electron chi connectivity index (χ3n) is 14.2. The lowest BCUT2D eigenvalue weighted by atomic mass is 9.44. The van der Waals surface area contributed by atoms with Crippen molar-refractivity contribution >= 4 is 47.2 Å². The number of pyridine rings is 1. The fourth-order valence-corrected chi connectivity index (χ4v) is 10.6. The summed E-state index contributed by atoms with van der Waals surface area (Å²) in [6.07, 6.45) is -7.59. The van der Waals surface area contributed by atoms with Crippen LogP contribution in [0.25, 0.3) is 0 Å². The number of nitrogens with zero attached hydrogens (tertiary/aromatic N) is 2. The molecule has 1 aromatic heterocycles. The highest BCUT2D eigenvalue weighted by Gasteiger charge is 2.78. The van der Waals surface area contributed by atoms with Crippen molar-refractivity contribution in [2.24, 2.45) is 21.8 Å². The van der Waals surface area contributed by atoms with Gasteiger partial charge in [0.05, 0.1) is 35.6 Å². The molecule has 5 N–H and O–H groups in total. The van der Waals surface area contributed by atoms with Crippen LogP contribution in [-0.4, -0.2) is 117 Å². The lowest BCUT2D eigenvalue weighted by Crippen LogP contribution is -3.00. The van der Waals surface area contributed by atoms with E-state index < -0.39 is 119 Å². The zero-order chi connectivity index (χ0) is 50.2. The molecule has 3 aromatic rings. The standard InChI is InChI=1S/C50H56N4O15.ClH/c1-27-33(67-46(63)39(59)38(31-17-11-8-12-18-31)51-44(61)28(2)52-53-36(58)25-54-21-15-10-16-22-54)24-50(64)43(68-45(62)32-19-13-9-14-20-32)41-48(7,34(57)23-35-49(41,26-65-35)69-30(4)56)42(60)40(66-29(3)55)37(27)47(50,5)6;/h8-22,33-35,38-41,43,57,59,64H,23-26H2,1-7H3,(H-,51,53,58,61);1H/t33-,34-,35+,38-,39+,40+,41?,43?,48+,49-,50+;/m0./s1. The normalized spacial score (nSPS) is 29.6. The van der Waals surface area contributed by atoms with Crippen molar-refractivity contribution in [1.82, 2.24) is 10.7 Å². The zero-order valence-electron chi connectivity index (χ0n) is 39.6. The number of aromatic nitrogens is 1. The van der Waals surface area contributed by atoms with Crippen LogP contribution >= 0.6 is 0 Å². The molecule has 11 atom stereocenters. The van der Waals surface area contributed by atoms with Crippen molar-refractivity contribution < 1.29 is 89.5 Å². The van der Waals surface area contributed by atoms with E-state index in [4.69, 9.17) is 23.7 Å². The van der Waals surface area contributed by atoms with Crippen LogP contribution < -0.4 is 27.7 Å². The number of carbonyl (C=O) groups is 7. The van der Waals surface area contributed by atoms with Gasteiger partial charge in [-0.1, -0.05) is 68.4 Å². The molecule has 20 heteroatoms. The number of hydrogen-bond donors (Lipinski definition) is 5. The Morgan fingerprint density at radius 3 is 2.09 bits per heavy atom. The van der Waals surface area contributed by atoms with Gasteiger partial charge >= 0.3 is 29.8 Å². The Morgan fingerprint density at radius 1 is 0.886 bits per heavy atom. The Kier molecular flexibility index (Phi) is 15.5. The van der Waals surface area contributed by atoms with Crippen molar-refractivity contribution in [1.29, 1.82) is 0 Å². The molecule has 4 aliphatic rings. The first-order valence-corrected chi connectivity index (χ1v) is 22.5. The number of esters is 4. The summed E-state index contributed by atoms with van der Waals surface area (Å²) in [5.41, 5.74) is -5.59. The van der Waals surface area contributed by atoms with Crippen molar-refractivity contribution in [3.8, 4) is 0 Å². The van der Waals surface area contributed by atoms with Gasteiger partial charge in [0.2, 0.25) is 6.54 Å². The third-order valence-corrected chi connectivity index (χ3v) is 14.2. The fourth-order valence-electron chi connectivity index (χ4n) is 10.6. The maximum Gasteiger partial charge on any atom is 0.338 e. The summed E-state index contributed by atoms with van der Waals surface area (Å²) in [6.45, 7) is 9.02. The molecule has 0 radical (unpaired) electrons. The lowest BCUT2D eigenvalue weighted by molar-refractivity contribution is -0.684. The van der Waals surface area contributed by atoms with Gasteiger partial charge in [-0.2, -0.15) is 9.67 Å². The lowest BCUT2D eigenvalue weighted by Gasteiger charge is -2.67. The predicted octanol–water partition coefficient (Wildman–Crippen LogP) is -1.09. The summed E-state index contributed by atoms with van der Waals surface area (Å²) >= 11 is 0. The molecule has 70 heavy (non-hydrogen) atoms. The second-order valence-electron chi connectivity index (χ2n) is 18.8. The summed E-state index contributed by atoms with van der Waals surface area (Å²) in [5, 5.41) is 44.2. The number of ether oxygens (including phenoxy) is 5. The number of nitrogens with one attached hydrogen (secondary N) is 2. The summed E-state index contributed by atoms with van der Waals surface area (Å²) in [5.74, 6) is -7.89. The number of amides is 2. The van der Waals surface area contributed by atoms with Gasteiger partial charge < -0.3 is 56.7 Å². The van der Waals surface area contributed by atoms with E-state index in [1.165, 1.54) is 58.9 Å². The average Bonchev–Trinajstić information content (AvgIpc) is 3.31. The zero-order valence-corrected chi connectivity index (χ0v) is 40.4. The highest BCUT2D eigenvalue weighted by Crippen LogP contribution is 2.64. The molecular weight excluding hydrogens is 932 g/mol. The summed E-state index contributed by atoms with van der Waals surface area (Å²) in [4.78, 5) is 96.6. The number of benzene rings is 2. The van der Waals surface area contributed by atoms with Crippen LogP contribution in [0.1, 0.15) is 83.3 Å². The number of halogens is 1. The van der Waals surface area contributed by atoms with E-state index in [9.17, 15) is 44.1 Å². The van der Waals surface area contributed by atoms with Gasteiger partial charge in [-0.25, -0.2) is 15.0 Å². The number of rotatable bonds is 13. The van der Waals surface area contributed by atoms with E-state index in [1.54, 1.807) is 71.6 Å². The number of aliphatic hydroxyl groups excluding tert-OH is 2. The molecule has 1 saturated heterocycles. The highest BCUT2D eigenvalue weighted by atomic mass is 35.5. The number of fused-ring (bicyclic) bond motifs is 5. The molecular formula is C50H57ClN4O15. The number of hydrogen-bond acceptors (Lipinski definition) is 16. The number of Topliss-reactive ketones (excluding diaryl/α,β-unsaturated/α-hetero) is 1. The van der Waals surface area contributed by atoms with Gasteiger partial charge in [0.25, 0.3) is 5.91 Å². The summed E-state index contributed by atoms with van der Waals surface area (Å²) in [7, 11) is 0. The van der Waals surface area contributed by atoms with E-state index in [2.05, 4.69) is 15.8 Å². The molecule has 1 aliphatic heterocycles. The molecule has 2 saturated carbocycles. The maximum absolute atomic E-state index is 15.6. The van der Waals surface area contributed by atoms with Crippen LogP contribution in [0.2, 0.25) is 0 Å². The van der Waals surface area contributed by atoms with Crippen molar-refractivity contribution in [3.05, 3.63) is 114 Å². The van der Waals surface area contributed by atoms with E-state index in [-0.39, 0.29) is 60.0 Å². The van der Waals surface area contributed by atoms with E-state index in [0.717, 1.165) is 13.8 Å². The first-order chi connectivity index (χ1) is 32.6. The SMILES string of the molecule is CC(=O)O[C@H]1C(=O)[C@@]2(C)C(C(OC(=O)c3ccccc3)[C@]3(O)C[C@H](OC(=O)[C@H](O)[C@@H](NC(=O)/C(C)=N/NC(=O)C[n+]4ccccc4)c4ccccc4)C(C)=C1C3(C)C)[C@]1(OC(C)=O)CO[C@@H]1C[C@@H]2O.[Cl-]. The van der Waals surface area contributed by atoms with Crippen molar-refractivity contribution in [2.75, 3.05) is 6.61 Å². The molecule has 2 amide bonds. The molecule has 19 nitrogen and oxygen atoms in total. The molecule has 2 aromatic carbocycles. The Labute approximate surface area is 410 Å². The average molecular weight is 989 g/mol. The molecule has 374 valence electrons. The van der Waals surface area contributed by atoms with Gasteiger partial charge in [0.1, 0.15) is 29.6 Å². The molecule has 3 fully saturated rings. The van der Waals surface area contributed by atoms with Crippen LogP contribution in [0, 0.1) is 16.7 Å². The molecule has 2 heterocycles. The predicted molar refractivity (Wildman–Crippen MR) is 240 cm³/mol. The van der Waals surface area contributed by atoms with Crippen LogP contribution in [0.5, 0.6) is 0 Å². The van der Waals surface area contributed by atoms with Gasteiger partial charge in [-0.15, -0.1) is 0 Å². The largest absolute Gasteiger partial charge is 1.00 e. The fraction of sp³-hybridized carbons (Fsp3) is 0.460. The Balaban J connectivity index is 0.00000804. The maximum atomic E-state index is 15.6. The van der Waals surface area contributed by atoms with Gasteiger partial charge in [0, 0.05) is 44.2 Å². The smallest absolute Gasteiger partial charge is 0.338 e. The second-order valence-corrected chi connectivity index (χ2v) is 18.8. The quantitative estimate of drug-likeness (QED) is 0.0340. The van der Waals surface area contributed by atoms with Gasteiger partial charge in [-0.05, 0) is 49.6 Å². The third kappa shape index (κ3) is 9.60. The van der Waals surface area contributed by atoms with Gasteiger partial charge in [0.15, 0.2) is 36.0 Å². The minimum Gasteiger partial charge on any atom is -1.00 e. The van der Waals surface area contributed by atoms with Crippen LogP contribution in [0.4, 0.5) is 0 Å². The molecule has 2 unspecified atom stereocenters. The topological polar surface area (TPSA) is 267 Å². The van der Waals surface area contributed by atoms with Crippen molar-refractivity contribution in [3.63, 3.8) is 0 Å². The van der Waals surface area contributed by atoms with Crippen molar-refractivity contribution in [2.45, 2.75) is 122 Å². The first kappa shape index (κ1) is 53.0. The Bertz CT molecular complexity index is 2580. The Morgan fingerprint density at radius 2 is 1.50 bits per heavy atom. The van der Waals surface area contributed by atoms with E-state index in [0.29, 0.717) is 0 Å². The van der Waals surface area contributed by atoms with Crippen LogP contribution in [-0.2, 0) is 59.0 Å². The molecule has 3 aliphatic carbocycles. The highest BCUT2D eigenvalue weighted by molar-refractivity contribution is 6.38. The van der Waals surface area contributed by atoms with E-state index in [1.807, 2.05) is 0 Å². The first-order valence-electron chi connectivity index (χ1n) is 22.5. The second kappa shape index (κ2) is 20.5. The van der Waals surface area contributed by atoms with E-state index >= 15 is 4.79 Å². The number of hydrazone groups is 1. The molecule has 7 rings (SSSR count). The molecule has 0 spiro atoms. The van der Waals surface area contributed by atoms with Crippen LogP contribution in [0.15, 0.2) is 108 Å². The minimum absolute atomic E-state index is 0. The van der Waals surface area contributed by atoms with Gasteiger partial charge in [-0.3, -0.25) is 24.0 Å². The summed E-state index contributed by atoms with van der Waals surface area (Å²) < 4.78 is 31.9. The number of aliphatic hydroxyl groups is 3. The Hall–Kier alpha value is -6.38. The van der Waals surface area contributed by atoms with Crippen LogP contribution in [0.3, 0.4) is 0 Å². The molecule has 2 bridgehead atoms. The number of carbonyl (C=O) groups excluding carboxylic acids is 7.